The SMILES string of the molecule is CCOc1ccc2ccc(S(=O)(=O)Nc3ccccc3O)cc2c1. The maximum Gasteiger partial charge on any atom is 0.262 e. The lowest BCUT2D eigenvalue weighted by atomic mass is 10.1. The van der Waals surface area contributed by atoms with Gasteiger partial charge in [0.1, 0.15) is 11.5 Å². The highest BCUT2D eigenvalue weighted by Crippen LogP contribution is 2.27. The number of aromatic hydroxyl groups is 1. The summed E-state index contributed by atoms with van der Waals surface area (Å²) in [7, 11) is -3.80. The van der Waals surface area contributed by atoms with Crippen LogP contribution in [0.2, 0.25) is 0 Å². The Bertz CT molecular complexity index is 983. The highest BCUT2D eigenvalue weighted by molar-refractivity contribution is 7.92. The van der Waals surface area contributed by atoms with Crippen LogP contribution in [0.4, 0.5) is 5.69 Å². The van der Waals surface area contributed by atoms with Gasteiger partial charge in [0.25, 0.3) is 10.0 Å². The fraction of sp³-hybridized carbons (Fsp3) is 0.111. The van der Waals surface area contributed by atoms with Crippen LogP contribution in [-0.2, 0) is 10.0 Å². The van der Waals surface area contributed by atoms with Gasteiger partial charge in [-0.25, -0.2) is 8.42 Å². The van der Waals surface area contributed by atoms with Crippen LogP contribution < -0.4 is 9.46 Å². The third kappa shape index (κ3) is 3.28. The van der Waals surface area contributed by atoms with Crippen LogP contribution in [0, 0.1) is 0 Å². The van der Waals surface area contributed by atoms with Gasteiger partial charge < -0.3 is 9.84 Å². The molecule has 0 amide bonds. The third-order valence-electron chi connectivity index (χ3n) is 3.55. The minimum atomic E-state index is -3.80. The number of anilines is 1. The van der Waals surface area contributed by atoms with Gasteiger partial charge in [0.15, 0.2) is 0 Å². The first kappa shape index (κ1) is 16.1. The number of rotatable bonds is 5. The summed E-state index contributed by atoms with van der Waals surface area (Å²) in [5.41, 5.74) is 0.140. The molecule has 0 saturated heterocycles. The van der Waals surface area contributed by atoms with E-state index in [2.05, 4.69) is 4.72 Å². The van der Waals surface area contributed by atoms with Crippen molar-refractivity contribution < 1.29 is 18.3 Å². The highest BCUT2D eigenvalue weighted by Gasteiger charge is 2.16. The van der Waals surface area contributed by atoms with Gasteiger partial charge >= 0.3 is 0 Å². The average Bonchev–Trinajstić information content (AvgIpc) is 2.56. The summed E-state index contributed by atoms with van der Waals surface area (Å²) >= 11 is 0. The number of phenolic OH excluding ortho intramolecular Hbond substituents is 1. The molecule has 3 rings (SSSR count). The normalized spacial score (nSPS) is 11.4. The molecule has 0 atom stereocenters. The van der Waals surface area contributed by atoms with Gasteiger partial charge in [0.05, 0.1) is 17.2 Å². The Morgan fingerprint density at radius 3 is 2.50 bits per heavy atom. The number of hydrogen-bond acceptors (Lipinski definition) is 4. The molecule has 124 valence electrons. The zero-order valence-corrected chi connectivity index (χ0v) is 13.9. The molecule has 0 saturated carbocycles. The standard InChI is InChI=1S/C18H17NO4S/c1-2-23-15-9-7-13-8-10-16(12-14(13)11-15)24(21,22)19-17-5-3-4-6-18(17)20/h3-12,19-20H,2H2,1H3. The van der Waals surface area contributed by atoms with E-state index in [1.165, 1.54) is 18.2 Å². The van der Waals surface area contributed by atoms with Gasteiger partial charge in [0, 0.05) is 0 Å². The van der Waals surface area contributed by atoms with Crippen molar-refractivity contribution in [2.75, 3.05) is 11.3 Å². The quantitative estimate of drug-likeness (QED) is 0.692. The fourth-order valence-electron chi connectivity index (χ4n) is 2.39. The Labute approximate surface area is 140 Å². The summed E-state index contributed by atoms with van der Waals surface area (Å²) < 4.78 is 33.0. The molecule has 5 nitrogen and oxygen atoms in total. The van der Waals surface area contributed by atoms with Gasteiger partial charge in [-0.1, -0.05) is 24.3 Å². The number of phenols is 1. The molecule has 6 heteroatoms. The molecule has 0 fully saturated rings. The minimum absolute atomic E-state index is 0.118. The molecule has 0 radical (unpaired) electrons. The summed E-state index contributed by atoms with van der Waals surface area (Å²) in [6, 6.07) is 16.6. The Morgan fingerprint density at radius 1 is 1.00 bits per heavy atom. The van der Waals surface area contributed by atoms with E-state index in [4.69, 9.17) is 4.74 Å². The van der Waals surface area contributed by atoms with Crippen molar-refractivity contribution >= 4 is 26.5 Å². The van der Waals surface area contributed by atoms with E-state index in [1.807, 2.05) is 19.1 Å². The molecule has 0 aromatic heterocycles. The molecule has 3 aromatic rings. The Balaban J connectivity index is 1.99. The molecule has 0 aliphatic carbocycles. The predicted molar refractivity (Wildman–Crippen MR) is 94.0 cm³/mol. The second kappa shape index (κ2) is 6.41. The van der Waals surface area contributed by atoms with Crippen molar-refractivity contribution in [1.82, 2.24) is 0 Å². The number of para-hydroxylation sites is 2. The maximum atomic E-state index is 12.6. The minimum Gasteiger partial charge on any atom is -0.506 e. The van der Waals surface area contributed by atoms with Crippen LogP contribution in [0.5, 0.6) is 11.5 Å². The summed E-state index contributed by atoms with van der Waals surface area (Å²) in [4.78, 5) is 0.118. The molecule has 0 bridgehead atoms. The summed E-state index contributed by atoms with van der Waals surface area (Å²) in [6.45, 7) is 2.43. The van der Waals surface area contributed by atoms with Crippen molar-refractivity contribution in [2.45, 2.75) is 11.8 Å². The molecular weight excluding hydrogens is 326 g/mol. The molecule has 3 aromatic carbocycles. The Hall–Kier alpha value is -2.73. The summed E-state index contributed by atoms with van der Waals surface area (Å²) in [5.74, 6) is 0.564. The van der Waals surface area contributed by atoms with E-state index in [9.17, 15) is 13.5 Å². The van der Waals surface area contributed by atoms with Crippen molar-refractivity contribution in [3.63, 3.8) is 0 Å². The first-order valence-corrected chi connectivity index (χ1v) is 8.95. The lowest BCUT2D eigenvalue weighted by molar-refractivity contribution is 0.341. The second-order valence-corrected chi connectivity index (χ2v) is 6.91. The van der Waals surface area contributed by atoms with Crippen molar-refractivity contribution in [3.05, 3.63) is 60.7 Å². The number of nitrogens with one attached hydrogen (secondary N) is 1. The van der Waals surface area contributed by atoms with E-state index in [0.717, 1.165) is 10.8 Å². The monoisotopic (exact) mass is 343 g/mol. The lowest BCUT2D eigenvalue weighted by Gasteiger charge is -2.11. The second-order valence-electron chi connectivity index (χ2n) is 5.23. The van der Waals surface area contributed by atoms with Crippen LogP contribution in [0.1, 0.15) is 6.92 Å². The zero-order chi connectivity index (χ0) is 17.2. The van der Waals surface area contributed by atoms with Crippen LogP contribution in [0.15, 0.2) is 65.6 Å². The van der Waals surface area contributed by atoms with Gasteiger partial charge in [-0.15, -0.1) is 0 Å². The molecule has 0 aliphatic heterocycles. The van der Waals surface area contributed by atoms with E-state index >= 15 is 0 Å². The molecule has 0 unspecified atom stereocenters. The third-order valence-corrected chi connectivity index (χ3v) is 4.92. The largest absolute Gasteiger partial charge is 0.506 e. The Kier molecular flexibility index (Phi) is 4.31. The predicted octanol–water partition coefficient (Wildman–Crippen LogP) is 3.74. The van der Waals surface area contributed by atoms with Crippen molar-refractivity contribution in [2.24, 2.45) is 0 Å². The highest BCUT2D eigenvalue weighted by atomic mass is 32.2. The van der Waals surface area contributed by atoms with E-state index in [0.29, 0.717) is 12.4 Å². The van der Waals surface area contributed by atoms with Crippen LogP contribution in [0.3, 0.4) is 0 Å². The lowest BCUT2D eigenvalue weighted by Crippen LogP contribution is -2.12. The smallest absolute Gasteiger partial charge is 0.262 e. The topological polar surface area (TPSA) is 75.6 Å². The fourth-order valence-corrected chi connectivity index (χ4v) is 3.50. The number of sulfonamides is 1. The molecule has 0 aliphatic rings. The first-order valence-electron chi connectivity index (χ1n) is 7.47. The van der Waals surface area contributed by atoms with Crippen LogP contribution >= 0.6 is 0 Å². The van der Waals surface area contributed by atoms with Gasteiger partial charge in [-0.2, -0.15) is 0 Å². The summed E-state index contributed by atoms with van der Waals surface area (Å²) in [5, 5.41) is 11.4. The van der Waals surface area contributed by atoms with Gasteiger partial charge in [-0.05, 0) is 54.1 Å². The van der Waals surface area contributed by atoms with E-state index in [1.54, 1.807) is 30.3 Å². The zero-order valence-electron chi connectivity index (χ0n) is 13.1. The van der Waals surface area contributed by atoms with Gasteiger partial charge in [0.2, 0.25) is 0 Å². The molecule has 24 heavy (non-hydrogen) atoms. The van der Waals surface area contributed by atoms with Crippen LogP contribution in [0.25, 0.3) is 10.8 Å². The molecule has 2 N–H and O–H groups in total. The van der Waals surface area contributed by atoms with Crippen molar-refractivity contribution in [3.8, 4) is 11.5 Å². The van der Waals surface area contributed by atoms with Gasteiger partial charge in [-0.3, -0.25) is 4.72 Å². The van der Waals surface area contributed by atoms with E-state index < -0.39 is 10.0 Å². The van der Waals surface area contributed by atoms with E-state index in [-0.39, 0.29) is 16.3 Å². The number of fused-ring (bicyclic) bond motifs is 1. The van der Waals surface area contributed by atoms with Crippen LogP contribution in [-0.4, -0.2) is 20.1 Å². The molecule has 0 heterocycles. The molecule has 0 spiro atoms. The number of ether oxygens (including phenoxy) is 1. The first-order chi connectivity index (χ1) is 11.5. The summed E-state index contributed by atoms with van der Waals surface area (Å²) in [6.07, 6.45) is 0. The average molecular weight is 343 g/mol. The maximum absolute atomic E-state index is 12.6. The Morgan fingerprint density at radius 2 is 1.75 bits per heavy atom. The molecular formula is C18H17NO4S. The van der Waals surface area contributed by atoms with Crippen molar-refractivity contribution in [1.29, 1.82) is 0 Å². The number of hydrogen-bond donors (Lipinski definition) is 2. The number of benzene rings is 3.